The molecule has 0 radical (unpaired) electrons. The molecule has 0 spiro atoms. The summed E-state index contributed by atoms with van der Waals surface area (Å²) in [5.74, 6) is 0.359. The fourth-order valence-corrected chi connectivity index (χ4v) is 2.77. The molecule has 2 atom stereocenters. The third kappa shape index (κ3) is 2.28. The maximum absolute atomic E-state index is 12.1. The normalized spacial score (nSPS) is 25.8. The van der Waals surface area contributed by atoms with E-state index in [1.165, 1.54) is 11.3 Å². The minimum absolute atomic E-state index is 0.0593. The van der Waals surface area contributed by atoms with Crippen molar-refractivity contribution in [2.75, 3.05) is 13.1 Å². The van der Waals surface area contributed by atoms with E-state index in [0.29, 0.717) is 12.5 Å². The number of hydrogen-bond donors (Lipinski definition) is 1. The van der Waals surface area contributed by atoms with Crippen LogP contribution < -0.4 is 0 Å². The van der Waals surface area contributed by atoms with E-state index in [1.54, 1.807) is 4.90 Å². The van der Waals surface area contributed by atoms with Gasteiger partial charge in [0.2, 0.25) is 0 Å². The molecule has 88 valence electrons. The van der Waals surface area contributed by atoms with Gasteiger partial charge < -0.3 is 10.0 Å². The highest BCUT2D eigenvalue weighted by atomic mass is 32.1. The summed E-state index contributed by atoms with van der Waals surface area (Å²) < 4.78 is 0. The molecule has 4 heteroatoms. The van der Waals surface area contributed by atoms with Crippen molar-refractivity contribution in [2.24, 2.45) is 5.92 Å². The van der Waals surface area contributed by atoms with Crippen molar-refractivity contribution in [3.63, 3.8) is 0 Å². The minimum atomic E-state index is -0.376. The topological polar surface area (TPSA) is 40.5 Å². The van der Waals surface area contributed by atoms with E-state index < -0.39 is 0 Å². The van der Waals surface area contributed by atoms with Gasteiger partial charge in [0.05, 0.1) is 11.0 Å². The molecule has 1 N–H and O–H groups in total. The van der Waals surface area contributed by atoms with Crippen LogP contribution in [0.2, 0.25) is 0 Å². The maximum atomic E-state index is 12.1. The Bertz CT molecular complexity index is 388. The Kier molecular flexibility index (Phi) is 3.30. The van der Waals surface area contributed by atoms with Crippen LogP contribution in [0.15, 0.2) is 12.1 Å². The monoisotopic (exact) mass is 239 g/mol. The van der Waals surface area contributed by atoms with Crippen LogP contribution in [-0.4, -0.2) is 35.1 Å². The lowest BCUT2D eigenvalue weighted by atomic mass is 9.96. The number of nitrogens with zero attached hydrogens (tertiary/aromatic N) is 1. The van der Waals surface area contributed by atoms with Crippen molar-refractivity contribution in [2.45, 2.75) is 26.4 Å². The molecule has 1 aliphatic rings. The Morgan fingerprint density at radius 1 is 1.56 bits per heavy atom. The zero-order chi connectivity index (χ0) is 11.7. The molecule has 1 aliphatic heterocycles. The highest BCUT2D eigenvalue weighted by Crippen LogP contribution is 2.22. The number of likely N-dealkylation sites (tertiary alicyclic amines) is 1. The van der Waals surface area contributed by atoms with E-state index in [9.17, 15) is 9.90 Å². The molecule has 0 bridgehead atoms. The highest BCUT2D eigenvalue weighted by molar-refractivity contribution is 7.13. The summed E-state index contributed by atoms with van der Waals surface area (Å²) in [5, 5.41) is 9.76. The summed E-state index contributed by atoms with van der Waals surface area (Å²) in [6, 6.07) is 3.83. The van der Waals surface area contributed by atoms with Crippen LogP contribution in [0.5, 0.6) is 0 Å². The molecule has 1 aromatic rings. The Morgan fingerprint density at radius 3 is 2.88 bits per heavy atom. The summed E-state index contributed by atoms with van der Waals surface area (Å²) in [6.07, 6.45) is 0.510. The zero-order valence-corrected chi connectivity index (χ0v) is 10.5. The van der Waals surface area contributed by atoms with Gasteiger partial charge in [-0.05, 0) is 31.4 Å². The quantitative estimate of drug-likeness (QED) is 0.813. The number of β-amino-alcohol motifs (C(OH)–C–C–N with tert-alkyl or cyclic N) is 1. The number of aliphatic hydroxyl groups excluding tert-OH is 1. The van der Waals surface area contributed by atoms with Crippen LogP contribution in [-0.2, 0) is 0 Å². The van der Waals surface area contributed by atoms with Gasteiger partial charge in [0.15, 0.2) is 0 Å². The zero-order valence-electron chi connectivity index (χ0n) is 9.64. The molecule has 2 heterocycles. The molecule has 0 aromatic carbocycles. The molecule has 3 nitrogen and oxygen atoms in total. The van der Waals surface area contributed by atoms with E-state index in [1.807, 2.05) is 26.0 Å². The SMILES string of the molecule is Cc1ccc(C(=O)N2CCC(C)C(O)C2)s1. The number of aliphatic hydroxyl groups is 1. The standard InChI is InChI=1S/C12H17NO2S/c1-8-5-6-13(7-10(8)14)12(15)11-4-3-9(2)16-11/h3-4,8,10,14H,5-7H2,1-2H3. The molecule has 2 unspecified atom stereocenters. The largest absolute Gasteiger partial charge is 0.391 e. The van der Waals surface area contributed by atoms with Crippen LogP contribution in [0.1, 0.15) is 27.9 Å². The lowest BCUT2D eigenvalue weighted by Gasteiger charge is -2.34. The second-order valence-electron chi connectivity index (χ2n) is 4.49. The van der Waals surface area contributed by atoms with Crippen molar-refractivity contribution in [3.05, 3.63) is 21.9 Å². The van der Waals surface area contributed by atoms with Crippen molar-refractivity contribution < 1.29 is 9.90 Å². The molecule has 1 aromatic heterocycles. The van der Waals surface area contributed by atoms with Crippen molar-refractivity contribution >= 4 is 17.2 Å². The van der Waals surface area contributed by atoms with Gasteiger partial charge in [0, 0.05) is 18.0 Å². The van der Waals surface area contributed by atoms with Crippen LogP contribution >= 0.6 is 11.3 Å². The lowest BCUT2D eigenvalue weighted by molar-refractivity contribution is 0.0251. The number of piperidine rings is 1. The van der Waals surface area contributed by atoms with Crippen LogP contribution in [0, 0.1) is 12.8 Å². The highest BCUT2D eigenvalue weighted by Gasteiger charge is 2.28. The predicted octanol–water partition coefficient (Wildman–Crippen LogP) is 1.90. The fourth-order valence-electron chi connectivity index (χ4n) is 1.94. The first-order valence-corrected chi connectivity index (χ1v) is 6.43. The Labute approximate surface area is 99.7 Å². The van der Waals surface area contributed by atoms with Gasteiger partial charge in [-0.1, -0.05) is 6.92 Å². The number of carbonyl (C=O) groups excluding carboxylic acids is 1. The van der Waals surface area contributed by atoms with Gasteiger partial charge >= 0.3 is 0 Å². The second-order valence-corrected chi connectivity index (χ2v) is 5.78. The maximum Gasteiger partial charge on any atom is 0.264 e. The van der Waals surface area contributed by atoms with Crippen molar-refractivity contribution in [3.8, 4) is 0 Å². The number of amides is 1. The van der Waals surface area contributed by atoms with Gasteiger partial charge in [-0.25, -0.2) is 0 Å². The van der Waals surface area contributed by atoms with E-state index in [2.05, 4.69) is 0 Å². The van der Waals surface area contributed by atoms with Crippen LogP contribution in [0.4, 0.5) is 0 Å². The van der Waals surface area contributed by atoms with E-state index >= 15 is 0 Å². The third-order valence-corrected chi connectivity index (χ3v) is 4.15. The van der Waals surface area contributed by atoms with Crippen molar-refractivity contribution in [1.29, 1.82) is 0 Å². The smallest absolute Gasteiger partial charge is 0.264 e. The fraction of sp³-hybridized carbons (Fsp3) is 0.583. The van der Waals surface area contributed by atoms with Crippen LogP contribution in [0.25, 0.3) is 0 Å². The van der Waals surface area contributed by atoms with Crippen LogP contribution in [0.3, 0.4) is 0 Å². The third-order valence-electron chi connectivity index (χ3n) is 3.16. The second kappa shape index (κ2) is 4.55. The molecule has 16 heavy (non-hydrogen) atoms. The summed E-state index contributed by atoms with van der Waals surface area (Å²) in [6.45, 7) is 5.25. The number of thiophene rings is 1. The van der Waals surface area contributed by atoms with E-state index in [-0.39, 0.29) is 12.0 Å². The summed E-state index contributed by atoms with van der Waals surface area (Å²) in [4.78, 5) is 15.8. The van der Waals surface area contributed by atoms with Gasteiger partial charge in [-0.15, -0.1) is 11.3 Å². The Morgan fingerprint density at radius 2 is 2.31 bits per heavy atom. The molecule has 2 rings (SSSR count). The first-order valence-electron chi connectivity index (χ1n) is 5.61. The molecule has 1 fully saturated rings. The van der Waals surface area contributed by atoms with Gasteiger partial charge in [-0.2, -0.15) is 0 Å². The van der Waals surface area contributed by atoms with Gasteiger partial charge in [0.1, 0.15) is 0 Å². The summed E-state index contributed by atoms with van der Waals surface area (Å²) in [5.41, 5.74) is 0. The molecule has 0 saturated carbocycles. The number of aryl methyl sites for hydroxylation is 1. The number of hydrogen-bond acceptors (Lipinski definition) is 3. The van der Waals surface area contributed by atoms with Gasteiger partial charge in [-0.3, -0.25) is 4.79 Å². The number of rotatable bonds is 1. The average molecular weight is 239 g/mol. The Balaban J connectivity index is 2.06. The molecular weight excluding hydrogens is 222 g/mol. The van der Waals surface area contributed by atoms with E-state index in [4.69, 9.17) is 0 Å². The molecular formula is C12H17NO2S. The molecule has 1 amide bonds. The summed E-state index contributed by atoms with van der Waals surface area (Å²) in [7, 11) is 0. The first-order chi connectivity index (χ1) is 7.58. The first kappa shape index (κ1) is 11.6. The molecule has 1 saturated heterocycles. The van der Waals surface area contributed by atoms with Crippen molar-refractivity contribution in [1.82, 2.24) is 4.90 Å². The minimum Gasteiger partial charge on any atom is -0.391 e. The predicted molar refractivity (Wildman–Crippen MR) is 64.7 cm³/mol. The average Bonchev–Trinajstić information content (AvgIpc) is 2.68. The van der Waals surface area contributed by atoms with E-state index in [0.717, 1.165) is 22.7 Å². The molecule has 0 aliphatic carbocycles. The summed E-state index contributed by atoms with van der Waals surface area (Å²) >= 11 is 1.52. The Hall–Kier alpha value is -0.870. The van der Waals surface area contributed by atoms with Gasteiger partial charge in [0.25, 0.3) is 5.91 Å². The number of carbonyl (C=O) groups is 1. The lowest BCUT2D eigenvalue weighted by Crippen LogP contribution is -2.45.